The number of hydrogen-bond donors (Lipinski definition) is 0. The van der Waals surface area contributed by atoms with E-state index < -0.39 is 0 Å². The van der Waals surface area contributed by atoms with Crippen LogP contribution in [0, 0.1) is 0 Å². The molecule has 0 fully saturated rings. The van der Waals surface area contributed by atoms with Crippen molar-refractivity contribution >= 4 is 53.2 Å². The van der Waals surface area contributed by atoms with Gasteiger partial charge in [-0.2, -0.15) is 0 Å². The summed E-state index contributed by atoms with van der Waals surface area (Å²) in [5, 5.41) is 6.28. The van der Waals surface area contributed by atoms with Gasteiger partial charge in [-0.1, -0.05) is 84.9 Å². The zero-order chi connectivity index (χ0) is 21.8. The van der Waals surface area contributed by atoms with Gasteiger partial charge in [0.2, 0.25) is 0 Å². The number of thiophene rings is 1. The number of rotatable bonds is 2. The minimum atomic E-state index is 1.06. The Balaban J connectivity index is 1.36. The molecule has 0 N–H and O–H groups in total. The van der Waals surface area contributed by atoms with E-state index in [1.165, 1.54) is 58.6 Å². The largest absolute Gasteiger partial charge is 0.256 e. The van der Waals surface area contributed by atoms with Crippen LogP contribution in [0.3, 0.4) is 0 Å². The third-order valence-corrected chi connectivity index (χ3v) is 7.67. The van der Waals surface area contributed by atoms with Gasteiger partial charge in [-0.3, -0.25) is 4.98 Å². The SMILES string of the molecule is c1cnc2c(c1)ccc1cccc(-c3ccc(-c4ccc5sc6ccccc6c5c4)cc3)c12. The van der Waals surface area contributed by atoms with Crippen molar-refractivity contribution in [2.45, 2.75) is 0 Å². The molecule has 2 heteroatoms. The summed E-state index contributed by atoms with van der Waals surface area (Å²) in [5.74, 6) is 0. The predicted molar refractivity (Wildman–Crippen MR) is 143 cm³/mol. The number of nitrogens with zero attached hydrogens (tertiary/aromatic N) is 1. The van der Waals surface area contributed by atoms with Crippen LogP contribution in [0.2, 0.25) is 0 Å². The maximum atomic E-state index is 4.71. The van der Waals surface area contributed by atoms with E-state index >= 15 is 0 Å². The molecule has 0 saturated carbocycles. The molecule has 154 valence electrons. The highest BCUT2D eigenvalue weighted by molar-refractivity contribution is 7.25. The van der Waals surface area contributed by atoms with Gasteiger partial charge < -0.3 is 0 Å². The molecule has 0 spiro atoms. The van der Waals surface area contributed by atoms with E-state index in [9.17, 15) is 0 Å². The second-order valence-corrected chi connectivity index (χ2v) is 9.51. The highest BCUT2D eigenvalue weighted by atomic mass is 32.1. The van der Waals surface area contributed by atoms with Crippen LogP contribution >= 0.6 is 11.3 Å². The van der Waals surface area contributed by atoms with Gasteiger partial charge in [0.05, 0.1) is 5.52 Å². The van der Waals surface area contributed by atoms with Crippen LogP contribution < -0.4 is 0 Å². The maximum absolute atomic E-state index is 4.71. The maximum Gasteiger partial charge on any atom is 0.0786 e. The molecule has 0 saturated heterocycles. The smallest absolute Gasteiger partial charge is 0.0786 e. The molecule has 0 aliphatic carbocycles. The average molecular weight is 438 g/mol. The molecule has 2 aromatic heterocycles. The molecule has 7 rings (SSSR count). The van der Waals surface area contributed by atoms with Gasteiger partial charge in [-0.15, -0.1) is 11.3 Å². The number of benzene rings is 5. The molecule has 2 heterocycles. The third kappa shape index (κ3) is 2.95. The zero-order valence-corrected chi connectivity index (χ0v) is 18.6. The second-order valence-electron chi connectivity index (χ2n) is 8.43. The molecule has 5 aromatic carbocycles. The zero-order valence-electron chi connectivity index (χ0n) is 17.8. The predicted octanol–water partition coefficient (Wildman–Crippen LogP) is 9.09. The second kappa shape index (κ2) is 7.26. The summed E-state index contributed by atoms with van der Waals surface area (Å²) >= 11 is 1.86. The van der Waals surface area contributed by atoms with Crippen molar-refractivity contribution in [2.75, 3.05) is 0 Å². The molecule has 0 amide bonds. The number of fused-ring (bicyclic) bond motifs is 6. The van der Waals surface area contributed by atoms with Gasteiger partial charge in [-0.25, -0.2) is 0 Å². The van der Waals surface area contributed by atoms with Gasteiger partial charge in [0.25, 0.3) is 0 Å². The summed E-state index contributed by atoms with van der Waals surface area (Å²) in [5.41, 5.74) is 5.98. The first kappa shape index (κ1) is 18.6. The van der Waals surface area contributed by atoms with Crippen molar-refractivity contribution in [3.8, 4) is 22.3 Å². The van der Waals surface area contributed by atoms with Crippen molar-refractivity contribution in [3.63, 3.8) is 0 Å². The molecule has 7 aromatic rings. The van der Waals surface area contributed by atoms with Crippen LogP contribution in [0.15, 0.2) is 115 Å². The highest BCUT2D eigenvalue weighted by Crippen LogP contribution is 2.37. The van der Waals surface area contributed by atoms with E-state index in [4.69, 9.17) is 4.98 Å². The summed E-state index contributed by atoms with van der Waals surface area (Å²) in [4.78, 5) is 4.71. The summed E-state index contributed by atoms with van der Waals surface area (Å²) in [7, 11) is 0. The van der Waals surface area contributed by atoms with Gasteiger partial charge in [0.15, 0.2) is 0 Å². The lowest BCUT2D eigenvalue weighted by Gasteiger charge is -2.11. The van der Waals surface area contributed by atoms with Crippen molar-refractivity contribution in [1.82, 2.24) is 4.98 Å². The Labute approximate surface area is 195 Å². The van der Waals surface area contributed by atoms with E-state index in [1.54, 1.807) is 0 Å². The lowest BCUT2D eigenvalue weighted by atomic mass is 9.94. The van der Waals surface area contributed by atoms with E-state index in [0.29, 0.717) is 0 Å². The Morgan fingerprint density at radius 3 is 2.21 bits per heavy atom. The fourth-order valence-corrected chi connectivity index (χ4v) is 5.99. The van der Waals surface area contributed by atoms with Crippen LogP contribution in [0.5, 0.6) is 0 Å². The molecule has 0 radical (unpaired) electrons. The lowest BCUT2D eigenvalue weighted by Crippen LogP contribution is -1.86. The van der Waals surface area contributed by atoms with Crippen LogP contribution in [-0.2, 0) is 0 Å². The van der Waals surface area contributed by atoms with E-state index in [2.05, 4.69) is 103 Å². The standard InChI is InChI=1S/C31H19NS/c1-2-9-28-26(7-1)27-19-24(16-17-29(27)33-28)20-10-12-21(13-11-20)25-8-3-5-22-14-15-23-6-4-18-32-31(23)30(22)25/h1-19H. The van der Waals surface area contributed by atoms with Crippen LogP contribution in [0.4, 0.5) is 0 Å². The Hall–Kier alpha value is -4.01. The summed E-state index contributed by atoms with van der Waals surface area (Å²) in [6, 6.07) is 39.4. The highest BCUT2D eigenvalue weighted by Gasteiger charge is 2.10. The fraction of sp³-hybridized carbons (Fsp3) is 0. The van der Waals surface area contributed by atoms with E-state index in [1.807, 2.05) is 23.6 Å². The van der Waals surface area contributed by atoms with Crippen molar-refractivity contribution in [2.24, 2.45) is 0 Å². The molecule has 0 atom stereocenters. The number of aromatic nitrogens is 1. The first-order chi connectivity index (χ1) is 16.3. The van der Waals surface area contributed by atoms with Crippen LogP contribution in [0.25, 0.3) is 64.1 Å². The van der Waals surface area contributed by atoms with Gasteiger partial charge in [-0.05, 0) is 51.9 Å². The third-order valence-electron chi connectivity index (χ3n) is 6.52. The minimum absolute atomic E-state index is 1.06. The molecule has 0 aliphatic rings. The topological polar surface area (TPSA) is 12.9 Å². The van der Waals surface area contributed by atoms with Crippen molar-refractivity contribution in [1.29, 1.82) is 0 Å². The van der Waals surface area contributed by atoms with E-state index in [-0.39, 0.29) is 0 Å². The lowest BCUT2D eigenvalue weighted by molar-refractivity contribution is 1.43. The van der Waals surface area contributed by atoms with Gasteiger partial charge in [0.1, 0.15) is 0 Å². The Morgan fingerprint density at radius 1 is 0.515 bits per heavy atom. The number of hydrogen-bond acceptors (Lipinski definition) is 2. The molecular formula is C31H19NS. The van der Waals surface area contributed by atoms with E-state index in [0.717, 1.165) is 5.52 Å². The monoisotopic (exact) mass is 437 g/mol. The minimum Gasteiger partial charge on any atom is -0.256 e. The first-order valence-electron chi connectivity index (χ1n) is 11.1. The molecular weight excluding hydrogens is 418 g/mol. The van der Waals surface area contributed by atoms with Gasteiger partial charge in [0, 0.05) is 37.1 Å². The average Bonchev–Trinajstić information content (AvgIpc) is 3.26. The van der Waals surface area contributed by atoms with Crippen LogP contribution in [-0.4, -0.2) is 4.98 Å². The molecule has 1 nitrogen and oxygen atoms in total. The van der Waals surface area contributed by atoms with Crippen LogP contribution in [0.1, 0.15) is 0 Å². The van der Waals surface area contributed by atoms with Gasteiger partial charge >= 0.3 is 0 Å². The summed E-state index contributed by atoms with van der Waals surface area (Å²) < 4.78 is 2.68. The molecule has 0 unspecified atom stereocenters. The van der Waals surface area contributed by atoms with Crippen molar-refractivity contribution < 1.29 is 0 Å². The number of pyridine rings is 1. The Kier molecular flexibility index (Phi) is 4.08. The normalized spacial score (nSPS) is 11.6. The van der Waals surface area contributed by atoms with Crippen molar-refractivity contribution in [3.05, 3.63) is 115 Å². The summed E-state index contributed by atoms with van der Waals surface area (Å²) in [6.07, 6.45) is 1.88. The Morgan fingerprint density at radius 2 is 1.27 bits per heavy atom. The summed E-state index contributed by atoms with van der Waals surface area (Å²) in [6.45, 7) is 0. The quantitative estimate of drug-likeness (QED) is 0.246. The fourth-order valence-electron chi connectivity index (χ4n) is 4.90. The molecule has 0 bridgehead atoms. The molecule has 33 heavy (non-hydrogen) atoms. The molecule has 0 aliphatic heterocycles. The Bertz CT molecular complexity index is 1810. The first-order valence-corrected chi connectivity index (χ1v) is 12.0.